The van der Waals surface area contributed by atoms with Gasteiger partial charge in [0, 0.05) is 22.8 Å². The second kappa shape index (κ2) is 10.4. The molecule has 2 bridgehead atoms. The number of rotatable bonds is 8. The van der Waals surface area contributed by atoms with Crippen molar-refractivity contribution in [3.05, 3.63) is 33.8 Å². The summed E-state index contributed by atoms with van der Waals surface area (Å²) >= 11 is 11.9. The third kappa shape index (κ3) is 5.88. The number of carbonyl (C=O) groups excluding carboxylic acids is 4. The number of halogens is 2. The maximum absolute atomic E-state index is 12.8. The largest absolute Gasteiger partial charge is 0.717 e. The van der Waals surface area contributed by atoms with Gasteiger partial charge in [0.1, 0.15) is 12.0 Å². The molecule has 1 unspecified atom stereocenters. The number of hydrogen-bond acceptors (Lipinski definition) is 7. The average molecular weight is 530 g/mol. The molecule has 2 aliphatic rings. The van der Waals surface area contributed by atoms with Crippen LogP contribution in [0.5, 0.6) is 0 Å². The van der Waals surface area contributed by atoms with E-state index >= 15 is 0 Å². The molecule has 0 saturated carbocycles. The molecule has 3 amide bonds. The standard InChI is InChI=1S/C21H26BCl2N3O8/c1-11(2)6-15(27-16(28)10-26-19(31)13-7-12(23)4-5-14(13)24)22-33-17(29)8-21(35-22,20(32)25-3)9-18(30)34-22/h4-5,7,11,15,33H,6,8-10H2,1-3H3,(H,25,32)(H,26,31)(H,27,28)/t15-,21+,22?/m0/s1. The normalized spacial score (nSPS) is 24.2. The second-order valence-electron chi connectivity index (χ2n) is 8.90. The lowest BCUT2D eigenvalue weighted by molar-refractivity contribution is -0.201. The van der Waals surface area contributed by atoms with Crippen molar-refractivity contribution in [3.8, 4) is 0 Å². The molecule has 2 aliphatic heterocycles. The van der Waals surface area contributed by atoms with Crippen LogP contribution in [0.1, 0.15) is 43.5 Å². The van der Waals surface area contributed by atoms with Gasteiger partial charge >= 0.3 is 12.7 Å². The van der Waals surface area contributed by atoms with E-state index in [0.717, 1.165) is 0 Å². The number of nitrogens with one attached hydrogen (secondary N) is 3. The van der Waals surface area contributed by atoms with Gasteiger partial charge in [0.2, 0.25) is 11.8 Å². The van der Waals surface area contributed by atoms with Gasteiger partial charge in [-0.3, -0.25) is 19.2 Å². The predicted molar refractivity (Wildman–Crippen MR) is 126 cm³/mol. The minimum absolute atomic E-state index is 0.0535. The van der Waals surface area contributed by atoms with Crippen molar-refractivity contribution in [1.29, 1.82) is 0 Å². The lowest BCUT2D eigenvalue weighted by atomic mass is 9.61. The highest BCUT2D eigenvalue weighted by Crippen LogP contribution is 2.39. The van der Waals surface area contributed by atoms with Crippen molar-refractivity contribution < 1.29 is 37.9 Å². The van der Waals surface area contributed by atoms with Crippen molar-refractivity contribution >= 4 is 59.6 Å². The molecule has 0 aromatic heterocycles. The van der Waals surface area contributed by atoms with E-state index in [1.165, 1.54) is 25.2 Å². The van der Waals surface area contributed by atoms with Crippen molar-refractivity contribution in [3.63, 3.8) is 0 Å². The number of likely N-dealkylation sites (N-methyl/N-ethyl adjacent to an activating group) is 1. The Morgan fingerprint density at radius 3 is 2.57 bits per heavy atom. The summed E-state index contributed by atoms with van der Waals surface area (Å²) in [5, 5.41) is 7.94. The van der Waals surface area contributed by atoms with Crippen molar-refractivity contribution in [1.82, 2.24) is 16.0 Å². The van der Waals surface area contributed by atoms with E-state index < -0.39 is 67.3 Å². The molecule has 1 aromatic rings. The van der Waals surface area contributed by atoms with E-state index in [9.17, 15) is 24.0 Å². The Labute approximate surface area is 211 Å². The van der Waals surface area contributed by atoms with Crippen LogP contribution >= 0.6 is 23.2 Å². The molecule has 0 aliphatic carbocycles. The van der Waals surface area contributed by atoms with Crippen molar-refractivity contribution in [2.45, 2.75) is 44.7 Å². The average Bonchev–Trinajstić information content (AvgIpc) is 2.76. The summed E-state index contributed by atoms with van der Waals surface area (Å²) in [7, 11) is 1.35. The Kier molecular flexibility index (Phi) is 7.98. The molecule has 2 fully saturated rings. The van der Waals surface area contributed by atoms with E-state index in [4.69, 9.17) is 32.5 Å². The zero-order valence-corrected chi connectivity index (χ0v) is 20.9. The second-order valence-corrected chi connectivity index (χ2v) is 9.74. The Balaban J connectivity index is 1.80. The molecule has 4 N–H and O–H groups in total. The first-order valence-electron chi connectivity index (χ1n) is 11.0. The van der Waals surface area contributed by atoms with Crippen LogP contribution in [0.25, 0.3) is 0 Å². The van der Waals surface area contributed by atoms with E-state index in [1.54, 1.807) is 0 Å². The van der Waals surface area contributed by atoms with Crippen LogP contribution in [0, 0.1) is 5.92 Å². The summed E-state index contributed by atoms with van der Waals surface area (Å²) in [6.07, 6.45) is -0.687. The zero-order chi connectivity index (χ0) is 26.0. The van der Waals surface area contributed by atoms with Gasteiger partial charge in [-0.2, -0.15) is 0 Å². The predicted octanol–water partition coefficient (Wildman–Crippen LogP) is 0.639. The summed E-state index contributed by atoms with van der Waals surface area (Å²) < 4.78 is 15.3. The van der Waals surface area contributed by atoms with E-state index in [2.05, 4.69) is 20.6 Å². The van der Waals surface area contributed by atoms with Gasteiger partial charge in [0.05, 0.1) is 23.6 Å². The van der Waals surface area contributed by atoms with Crippen LogP contribution in [0.2, 0.25) is 10.0 Å². The van der Waals surface area contributed by atoms with Gasteiger partial charge in [-0.25, -0.2) is 0 Å². The Morgan fingerprint density at radius 1 is 1.20 bits per heavy atom. The van der Waals surface area contributed by atoms with Gasteiger partial charge in [0.15, 0.2) is 0 Å². The first-order chi connectivity index (χ1) is 16.4. The Morgan fingerprint density at radius 2 is 1.91 bits per heavy atom. The van der Waals surface area contributed by atoms with Crippen LogP contribution in [0.3, 0.4) is 0 Å². The summed E-state index contributed by atoms with van der Waals surface area (Å²) in [6.45, 7) is 0.142. The molecule has 14 heteroatoms. The van der Waals surface area contributed by atoms with E-state index in [0.29, 0.717) is 5.02 Å². The van der Waals surface area contributed by atoms with Crippen LogP contribution in [0.4, 0.5) is 0 Å². The van der Waals surface area contributed by atoms with Crippen molar-refractivity contribution in [2.24, 2.45) is 5.92 Å². The number of aliphatic carboxylic acids is 1. The first-order valence-corrected chi connectivity index (χ1v) is 11.7. The lowest BCUT2D eigenvalue weighted by Gasteiger charge is -2.55. The highest BCUT2D eigenvalue weighted by Gasteiger charge is 2.65. The van der Waals surface area contributed by atoms with Crippen LogP contribution in [-0.4, -0.2) is 66.2 Å². The van der Waals surface area contributed by atoms with Crippen LogP contribution in [0.15, 0.2) is 18.2 Å². The van der Waals surface area contributed by atoms with Gasteiger partial charge in [0.25, 0.3) is 11.9 Å². The van der Waals surface area contributed by atoms with E-state index in [1.807, 2.05) is 13.8 Å². The number of fused-ring (bicyclic) bond motifs is 2. The van der Waals surface area contributed by atoms with Crippen LogP contribution in [-0.2, 0) is 28.5 Å². The maximum Gasteiger partial charge on any atom is 0.594 e. The minimum Gasteiger partial charge on any atom is -0.717 e. The quantitative estimate of drug-likeness (QED) is 0.330. The SMILES string of the molecule is CNC(=O)[C@@]12CC(=O)O[B-]([C@H](CC(C)C)NC(=O)CNC(=O)c3cc(Cl)ccc3Cl)(O1)[OH+]C(=O)C2. The number of carboxylic acids is 1. The lowest BCUT2D eigenvalue weighted by Crippen LogP contribution is -2.77. The third-order valence-corrected chi connectivity index (χ3v) is 6.25. The number of benzene rings is 1. The summed E-state index contributed by atoms with van der Waals surface area (Å²) in [5.74, 6) is -4.53. The molecule has 190 valence electrons. The monoisotopic (exact) mass is 529 g/mol. The van der Waals surface area contributed by atoms with Gasteiger partial charge in [-0.15, -0.1) is 0 Å². The first kappa shape index (κ1) is 26.8. The molecule has 0 radical (unpaired) electrons. The molecular formula is C21H26BCl2N3O8. The van der Waals surface area contributed by atoms with Gasteiger partial charge < -0.3 is 29.9 Å². The van der Waals surface area contributed by atoms with Gasteiger partial charge in [-0.05, 0) is 24.1 Å². The molecule has 3 atom stereocenters. The molecule has 2 saturated heterocycles. The maximum atomic E-state index is 12.8. The number of hydrogen-bond donors (Lipinski definition) is 3. The topological polar surface area (TPSA) is 153 Å². The third-order valence-electron chi connectivity index (χ3n) is 5.69. The number of carbonyl (C=O) groups is 5. The molecule has 11 nitrogen and oxygen atoms in total. The molecule has 1 aromatic carbocycles. The Bertz CT molecular complexity index is 1050. The van der Waals surface area contributed by atoms with Crippen molar-refractivity contribution in [2.75, 3.05) is 13.6 Å². The summed E-state index contributed by atoms with van der Waals surface area (Å²) in [4.78, 5) is 62.8. The zero-order valence-electron chi connectivity index (χ0n) is 19.4. The molecule has 0 spiro atoms. The van der Waals surface area contributed by atoms with Crippen LogP contribution < -0.4 is 16.0 Å². The molecular weight excluding hydrogens is 504 g/mol. The highest BCUT2D eigenvalue weighted by molar-refractivity contribution is 6.66. The summed E-state index contributed by atoms with van der Waals surface area (Å²) in [5.41, 5.74) is -1.69. The van der Waals surface area contributed by atoms with Gasteiger partial charge in [-0.1, -0.05) is 43.5 Å². The fraction of sp³-hybridized carbons (Fsp3) is 0.476. The summed E-state index contributed by atoms with van der Waals surface area (Å²) in [6, 6.07) is 4.33. The number of amides is 3. The molecule has 2 heterocycles. The minimum atomic E-state index is -3.08. The fourth-order valence-corrected chi connectivity index (χ4v) is 4.60. The smallest absolute Gasteiger partial charge is 0.594 e. The van der Waals surface area contributed by atoms with E-state index in [-0.39, 0.29) is 22.9 Å². The molecule has 3 rings (SSSR count). The Hall–Kier alpha value is -2.83. The molecule has 35 heavy (non-hydrogen) atoms. The fourth-order valence-electron chi connectivity index (χ4n) is 4.22. The highest BCUT2D eigenvalue weighted by atomic mass is 35.5.